The van der Waals surface area contributed by atoms with Crippen LogP contribution in [0.5, 0.6) is 0 Å². The number of piperazine rings is 1. The van der Waals surface area contributed by atoms with Gasteiger partial charge in [-0.25, -0.2) is 4.79 Å². The van der Waals surface area contributed by atoms with Crippen LogP contribution >= 0.6 is 0 Å². The summed E-state index contributed by atoms with van der Waals surface area (Å²) in [6.07, 6.45) is 1.65. The third kappa shape index (κ3) is 6.87. The van der Waals surface area contributed by atoms with Crippen LogP contribution in [0.2, 0.25) is 0 Å². The molecule has 10 nitrogen and oxygen atoms in total. The Balaban J connectivity index is 1.44. The molecule has 3 fully saturated rings. The first-order chi connectivity index (χ1) is 15.2. The summed E-state index contributed by atoms with van der Waals surface area (Å²) >= 11 is 0. The average molecular weight is 455 g/mol. The second-order valence-corrected chi connectivity index (χ2v) is 9.83. The maximum Gasteiger partial charge on any atom is 0.410 e. The number of ether oxygens (including phenoxy) is 3. The number of methoxy groups -OCH3 is 1. The summed E-state index contributed by atoms with van der Waals surface area (Å²) < 4.78 is 16.3. The van der Waals surface area contributed by atoms with Crippen molar-refractivity contribution in [1.82, 2.24) is 19.6 Å². The fourth-order valence-corrected chi connectivity index (χ4v) is 4.60. The van der Waals surface area contributed by atoms with Gasteiger partial charge in [-0.2, -0.15) is 0 Å². The molecule has 2 atom stereocenters. The molecular weight excluding hydrogens is 416 g/mol. The van der Waals surface area contributed by atoms with Gasteiger partial charge in [0, 0.05) is 58.4 Å². The van der Waals surface area contributed by atoms with Gasteiger partial charge in [-0.05, 0) is 33.6 Å². The van der Waals surface area contributed by atoms with E-state index < -0.39 is 11.8 Å². The number of carbonyl (C=O) groups excluding carboxylic acids is 3. The number of esters is 1. The zero-order valence-electron chi connectivity index (χ0n) is 19.8. The summed E-state index contributed by atoms with van der Waals surface area (Å²) in [5.41, 5.74) is -0.503. The van der Waals surface area contributed by atoms with E-state index in [0.717, 1.165) is 51.9 Å². The summed E-state index contributed by atoms with van der Waals surface area (Å²) in [7, 11) is 1.41. The Morgan fingerprint density at radius 3 is 2.22 bits per heavy atom. The van der Waals surface area contributed by atoms with E-state index in [-0.39, 0.29) is 24.2 Å². The molecule has 0 bridgehead atoms. The summed E-state index contributed by atoms with van der Waals surface area (Å²) in [4.78, 5) is 43.8. The highest BCUT2D eigenvalue weighted by atomic mass is 16.6. The Kier molecular flexibility index (Phi) is 8.49. The van der Waals surface area contributed by atoms with Crippen LogP contribution in [-0.2, 0) is 23.8 Å². The molecule has 0 aromatic heterocycles. The van der Waals surface area contributed by atoms with Crippen molar-refractivity contribution in [3.63, 3.8) is 0 Å². The molecule has 2 unspecified atom stereocenters. The van der Waals surface area contributed by atoms with Gasteiger partial charge in [0.15, 0.2) is 12.5 Å². The zero-order chi connectivity index (χ0) is 23.3. The van der Waals surface area contributed by atoms with E-state index in [4.69, 9.17) is 14.2 Å². The fourth-order valence-electron chi connectivity index (χ4n) is 4.60. The molecule has 10 heteroatoms. The molecule has 0 aromatic rings. The van der Waals surface area contributed by atoms with Crippen LogP contribution in [0.25, 0.3) is 0 Å². The van der Waals surface area contributed by atoms with Crippen LogP contribution in [0, 0.1) is 0 Å². The number of aldehydes is 1. The van der Waals surface area contributed by atoms with Crippen molar-refractivity contribution in [1.29, 1.82) is 0 Å². The minimum Gasteiger partial charge on any atom is -0.468 e. The Hall–Kier alpha value is -1.75. The van der Waals surface area contributed by atoms with Crippen molar-refractivity contribution in [2.24, 2.45) is 0 Å². The largest absolute Gasteiger partial charge is 0.468 e. The quantitative estimate of drug-likeness (QED) is 0.418. The molecule has 0 spiro atoms. The number of likely N-dealkylation sites (tertiary alicyclic amines) is 1. The molecule has 0 saturated carbocycles. The highest BCUT2D eigenvalue weighted by Crippen LogP contribution is 2.26. The van der Waals surface area contributed by atoms with E-state index in [1.165, 1.54) is 7.11 Å². The van der Waals surface area contributed by atoms with Gasteiger partial charge in [0.2, 0.25) is 0 Å². The van der Waals surface area contributed by atoms with E-state index in [1.54, 1.807) is 4.90 Å². The summed E-state index contributed by atoms with van der Waals surface area (Å²) in [5, 5.41) is 0. The lowest BCUT2D eigenvalue weighted by Crippen LogP contribution is -2.51. The minimum atomic E-state index is -0.529. The predicted molar refractivity (Wildman–Crippen MR) is 117 cm³/mol. The highest BCUT2D eigenvalue weighted by molar-refractivity contribution is 5.71. The number of hydrogen-bond donors (Lipinski definition) is 0. The molecule has 0 N–H and O–H groups in total. The molecule has 32 heavy (non-hydrogen) atoms. The monoisotopic (exact) mass is 454 g/mol. The number of carbonyl (C=O) groups is 3. The first kappa shape index (κ1) is 24.9. The number of nitrogens with zero attached hydrogens (tertiary/aromatic N) is 4. The first-order valence-electron chi connectivity index (χ1n) is 11.5. The van der Waals surface area contributed by atoms with Crippen molar-refractivity contribution >= 4 is 18.3 Å². The number of rotatable bonds is 6. The topological polar surface area (TPSA) is 91.9 Å². The van der Waals surface area contributed by atoms with Crippen LogP contribution in [0.3, 0.4) is 0 Å². The number of hydrogen-bond acceptors (Lipinski definition) is 9. The van der Waals surface area contributed by atoms with Crippen LogP contribution in [0.1, 0.15) is 33.6 Å². The van der Waals surface area contributed by atoms with Gasteiger partial charge in [-0.1, -0.05) is 0 Å². The summed E-state index contributed by atoms with van der Waals surface area (Å²) in [6.45, 7) is 12.0. The second-order valence-electron chi connectivity index (χ2n) is 9.83. The molecule has 3 aliphatic heterocycles. The molecule has 3 rings (SSSR count). The molecular formula is C22H38N4O6. The Morgan fingerprint density at radius 1 is 1.03 bits per heavy atom. The lowest BCUT2D eigenvalue weighted by Gasteiger charge is -2.38. The smallest absolute Gasteiger partial charge is 0.410 e. The highest BCUT2D eigenvalue weighted by Gasteiger charge is 2.40. The fraction of sp³-hybridized carbons (Fsp3) is 0.864. The van der Waals surface area contributed by atoms with Crippen molar-refractivity contribution in [3.8, 4) is 0 Å². The van der Waals surface area contributed by atoms with Crippen molar-refractivity contribution in [3.05, 3.63) is 0 Å². The normalized spacial score (nSPS) is 26.8. The second kappa shape index (κ2) is 10.9. The molecule has 3 saturated heterocycles. The van der Waals surface area contributed by atoms with Gasteiger partial charge in [0.1, 0.15) is 5.60 Å². The van der Waals surface area contributed by atoms with Crippen LogP contribution in [-0.4, -0.2) is 128 Å². The molecule has 0 aromatic carbocycles. The third-order valence-corrected chi connectivity index (χ3v) is 6.28. The van der Waals surface area contributed by atoms with E-state index in [0.29, 0.717) is 26.2 Å². The van der Waals surface area contributed by atoms with E-state index >= 15 is 0 Å². The van der Waals surface area contributed by atoms with Gasteiger partial charge in [0.05, 0.1) is 19.8 Å². The zero-order valence-corrected chi connectivity index (χ0v) is 19.8. The van der Waals surface area contributed by atoms with Gasteiger partial charge in [-0.15, -0.1) is 0 Å². The van der Waals surface area contributed by atoms with Crippen molar-refractivity contribution in [2.75, 3.05) is 66.0 Å². The van der Waals surface area contributed by atoms with E-state index in [9.17, 15) is 14.4 Å². The predicted octanol–water partition coefficient (Wildman–Crippen LogP) is 0.402. The molecule has 182 valence electrons. The number of amides is 1. The maximum atomic E-state index is 12.3. The lowest BCUT2D eigenvalue weighted by molar-refractivity contribution is -0.142. The van der Waals surface area contributed by atoms with E-state index in [1.807, 2.05) is 20.8 Å². The van der Waals surface area contributed by atoms with E-state index in [2.05, 4.69) is 14.7 Å². The van der Waals surface area contributed by atoms with Gasteiger partial charge in [-0.3, -0.25) is 24.3 Å². The van der Waals surface area contributed by atoms with Gasteiger partial charge < -0.3 is 19.1 Å². The molecule has 1 amide bonds. The molecule has 0 aliphatic carbocycles. The standard InChI is InChI=1S/C22H38N4O6/c1-22(2,3)32-21(29)25-7-5-17(6-8-25)26-14-18(31-19(26)16-27)13-23-9-11-24(12-10-23)15-20(28)30-4/h16-19H,5-15H2,1-4H3. The molecule has 3 aliphatic rings. The SMILES string of the molecule is COC(=O)CN1CCN(CC2CN(C3CCN(C(=O)OC(C)(C)C)CC3)C(C=O)O2)CC1. The first-order valence-corrected chi connectivity index (χ1v) is 11.5. The Morgan fingerprint density at radius 2 is 1.66 bits per heavy atom. The molecule has 3 heterocycles. The van der Waals surface area contributed by atoms with Crippen LogP contribution < -0.4 is 0 Å². The number of piperidine rings is 1. The summed E-state index contributed by atoms with van der Waals surface area (Å²) in [5.74, 6) is -0.209. The Bertz CT molecular complexity index is 653. The maximum absolute atomic E-state index is 12.3. The van der Waals surface area contributed by atoms with Crippen molar-refractivity contribution in [2.45, 2.75) is 57.6 Å². The van der Waals surface area contributed by atoms with Crippen LogP contribution in [0.15, 0.2) is 0 Å². The average Bonchev–Trinajstić information content (AvgIpc) is 3.16. The molecule has 0 radical (unpaired) electrons. The minimum absolute atomic E-state index is 0.0266. The van der Waals surface area contributed by atoms with Crippen LogP contribution in [0.4, 0.5) is 4.79 Å². The summed E-state index contributed by atoms with van der Waals surface area (Å²) in [6, 6.07) is 0.214. The lowest BCUT2D eigenvalue weighted by atomic mass is 10.0. The van der Waals surface area contributed by atoms with Crippen molar-refractivity contribution < 1.29 is 28.6 Å². The Labute approximate surface area is 190 Å². The van der Waals surface area contributed by atoms with Gasteiger partial charge >= 0.3 is 12.1 Å². The van der Waals surface area contributed by atoms with Gasteiger partial charge in [0.25, 0.3) is 0 Å². The third-order valence-electron chi connectivity index (χ3n) is 6.28.